The fraction of sp³-hybridized carbons (Fsp3) is 0.625. The second-order valence-corrected chi connectivity index (χ2v) is 9.88. The summed E-state index contributed by atoms with van der Waals surface area (Å²) in [5.41, 5.74) is 2.64. The number of amides is 3. The molecule has 1 spiro atoms. The molecule has 3 heterocycles. The van der Waals surface area contributed by atoms with Gasteiger partial charge >= 0.3 is 6.09 Å². The van der Waals surface area contributed by atoms with Crippen molar-refractivity contribution in [2.24, 2.45) is 11.3 Å². The normalized spacial score (nSPS) is 28.0. The highest BCUT2D eigenvalue weighted by atomic mass is 16.6. The van der Waals surface area contributed by atoms with E-state index in [1.54, 1.807) is 10.4 Å². The standard InChI is InChI=1S/C24H32N4O6/c29-21(25-32)19-14-24(7-8-24)16-28(23(31)34-18-6-13-33-15-18)20(19)22(30)27-11-9-26(10-12-27)17-4-2-1-3-5-17/h1-5,18-20,32H,6-16H2,(H,25,29)/t18-,19-,20-/m0/s1. The van der Waals surface area contributed by atoms with Crippen molar-refractivity contribution < 1.29 is 29.1 Å². The molecule has 34 heavy (non-hydrogen) atoms. The lowest BCUT2D eigenvalue weighted by Crippen LogP contribution is -2.63. The highest BCUT2D eigenvalue weighted by Gasteiger charge is 2.58. The van der Waals surface area contributed by atoms with Crippen LogP contribution in [0.5, 0.6) is 0 Å². The molecule has 0 unspecified atom stereocenters. The van der Waals surface area contributed by atoms with Crippen molar-refractivity contribution in [3.05, 3.63) is 30.3 Å². The zero-order valence-electron chi connectivity index (χ0n) is 19.2. The number of piperazine rings is 1. The molecule has 184 valence electrons. The zero-order valence-corrected chi connectivity index (χ0v) is 19.2. The number of benzene rings is 1. The van der Waals surface area contributed by atoms with E-state index in [1.807, 2.05) is 30.3 Å². The van der Waals surface area contributed by atoms with E-state index in [1.165, 1.54) is 4.90 Å². The van der Waals surface area contributed by atoms with Crippen molar-refractivity contribution in [1.29, 1.82) is 0 Å². The highest BCUT2D eigenvalue weighted by Crippen LogP contribution is 2.55. The summed E-state index contributed by atoms with van der Waals surface area (Å²) in [5, 5.41) is 9.42. The van der Waals surface area contributed by atoms with Gasteiger partial charge in [0.1, 0.15) is 12.1 Å². The van der Waals surface area contributed by atoms with Crippen LogP contribution in [0, 0.1) is 11.3 Å². The lowest BCUT2D eigenvalue weighted by Gasteiger charge is -2.45. The first kappa shape index (κ1) is 22.9. The monoisotopic (exact) mass is 472 g/mol. The molecule has 3 aliphatic heterocycles. The van der Waals surface area contributed by atoms with Gasteiger partial charge in [0.2, 0.25) is 11.8 Å². The van der Waals surface area contributed by atoms with E-state index >= 15 is 0 Å². The van der Waals surface area contributed by atoms with Gasteiger partial charge in [-0.2, -0.15) is 0 Å². The summed E-state index contributed by atoms with van der Waals surface area (Å²) in [6, 6.07) is 9.02. The average molecular weight is 473 g/mol. The molecule has 1 aliphatic carbocycles. The number of hydrogen-bond acceptors (Lipinski definition) is 7. The summed E-state index contributed by atoms with van der Waals surface area (Å²) >= 11 is 0. The fourth-order valence-corrected chi connectivity index (χ4v) is 5.49. The molecule has 3 amide bonds. The maximum absolute atomic E-state index is 13.8. The van der Waals surface area contributed by atoms with Gasteiger partial charge in [-0.15, -0.1) is 0 Å². The number of nitrogens with one attached hydrogen (secondary N) is 1. The van der Waals surface area contributed by atoms with Gasteiger partial charge in [0.15, 0.2) is 0 Å². The van der Waals surface area contributed by atoms with Gasteiger partial charge in [0, 0.05) is 44.8 Å². The van der Waals surface area contributed by atoms with Crippen molar-refractivity contribution in [1.82, 2.24) is 15.3 Å². The minimum Gasteiger partial charge on any atom is -0.444 e. The SMILES string of the molecule is O=C(NO)[C@H]1CC2(CC2)CN(C(=O)O[C@H]2CCOC2)[C@@H]1C(=O)N1CCN(c2ccccc2)CC1. The zero-order chi connectivity index (χ0) is 23.7. The van der Waals surface area contributed by atoms with Crippen molar-refractivity contribution in [3.8, 4) is 0 Å². The van der Waals surface area contributed by atoms with Crippen LogP contribution in [-0.4, -0.2) is 91.0 Å². The number of hydroxylamine groups is 1. The van der Waals surface area contributed by atoms with E-state index in [4.69, 9.17) is 9.47 Å². The Morgan fingerprint density at radius 3 is 2.44 bits per heavy atom. The molecule has 4 fully saturated rings. The summed E-state index contributed by atoms with van der Waals surface area (Å²) in [6.45, 7) is 3.55. The van der Waals surface area contributed by atoms with Crippen LogP contribution in [-0.2, 0) is 19.1 Å². The van der Waals surface area contributed by atoms with E-state index in [0.29, 0.717) is 58.8 Å². The first-order chi connectivity index (χ1) is 16.5. The Balaban J connectivity index is 1.34. The summed E-state index contributed by atoms with van der Waals surface area (Å²) in [4.78, 5) is 45.1. The predicted molar refractivity (Wildman–Crippen MR) is 121 cm³/mol. The largest absolute Gasteiger partial charge is 0.444 e. The number of nitrogens with zero attached hydrogens (tertiary/aromatic N) is 3. The molecule has 3 saturated heterocycles. The van der Waals surface area contributed by atoms with Gasteiger partial charge < -0.3 is 19.3 Å². The third-order valence-electron chi connectivity index (χ3n) is 7.64. The first-order valence-electron chi connectivity index (χ1n) is 12.1. The van der Waals surface area contributed by atoms with E-state index in [-0.39, 0.29) is 17.4 Å². The van der Waals surface area contributed by atoms with Crippen LogP contribution in [0.4, 0.5) is 10.5 Å². The number of ether oxygens (including phenoxy) is 2. The third kappa shape index (κ3) is 4.56. The molecule has 2 N–H and O–H groups in total. The van der Waals surface area contributed by atoms with Gasteiger partial charge in [-0.3, -0.25) is 19.7 Å². The number of carbonyl (C=O) groups excluding carboxylic acids is 3. The molecule has 0 bridgehead atoms. The lowest BCUT2D eigenvalue weighted by molar-refractivity contribution is -0.150. The molecule has 1 aromatic carbocycles. The van der Waals surface area contributed by atoms with Gasteiger partial charge in [-0.1, -0.05) is 18.2 Å². The van der Waals surface area contributed by atoms with Gasteiger partial charge in [0.05, 0.1) is 19.1 Å². The summed E-state index contributed by atoms with van der Waals surface area (Å²) < 4.78 is 11.0. The lowest BCUT2D eigenvalue weighted by atomic mass is 9.80. The Morgan fingerprint density at radius 1 is 1.09 bits per heavy atom. The van der Waals surface area contributed by atoms with Crippen LogP contribution in [0.1, 0.15) is 25.7 Å². The molecular weight excluding hydrogens is 440 g/mol. The molecule has 3 atom stereocenters. The third-order valence-corrected chi connectivity index (χ3v) is 7.64. The fourth-order valence-electron chi connectivity index (χ4n) is 5.49. The van der Waals surface area contributed by atoms with Gasteiger partial charge in [-0.25, -0.2) is 10.3 Å². The van der Waals surface area contributed by atoms with Crippen LogP contribution in [0.15, 0.2) is 30.3 Å². The number of likely N-dealkylation sites (tertiary alicyclic amines) is 1. The number of piperidine rings is 1. The van der Waals surface area contributed by atoms with E-state index < -0.39 is 24.0 Å². The van der Waals surface area contributed by atoms with Crippen molar-refractivity contribution in [2.45, 2.75) is 37.8 Å². The number of carbonyl (C=O) groups is 3. The van der Waals surface area contributed by atoms with Crippen LogP contribution in [0.2, 0.25) is 0 Å². The molecule has 10 nitrogen and oxygen atoms in total. The topological polar surface area (TPSA) is 112 Å². The smallest absolute Gasteiger partial charge is 0.410 e. The quantitative estimate of drug-likeness (QED) is 0.501. The molecule has 1 aromatic rings. The Bertz CT molecular complexity index is 909. The molecule has 1 saturated carbocycles. The van der Waals surface area contributed by atoms with Crippen molar-refractivity contribution in [2.75, 3.05) is 50.8 Å². The van der Waals surface area contributed by atoms with Crippen LogP contribution in [0.25, 0.3) is 0 Å². The molecule has 5 rings (SSSR count). The molecule has 0 radical (unpaired) electrons. The van der Waals surface area contributed by atoms with Gasteiger partial charge in [0.25, 0.3) is 0 Å². The van der Waals surface area contributed by atoms with Crippen LogP contribution >= 0.6 is 0 Å². The summed E-state index contributed by atoms with van der Waals surface area (Å²) in [5.74, 6) is -1.72. The summed E-state index contributed by atoms with van der Waals surface area (Å²) in [6.07, 6.45) is 1.92. The Kier molecular flexibility index (Phi) is 6.35. The molecule has 0 aromatic heterocycles. The van der Waals surface area contributed by atoms with Gasteiger partial charge in [-0.05, 0) is 36.8 Å². The number of hydrogen-bond donors (Lipinski definition) is 2. The second-order valence-electron chi connectivity index (χ2n) is 9.88. The van der Waals surface area contributed by atoms with E-state index in [9.17, 15) is 19.6 Å². The maximum Gasteiger partial charge on any atom is 0.410 e. The van der Waals surface area contributed by atoms with Crippen molar-refractivity contribution in [3.63, 3.8) is 0 Å². The minimum absolute atomic E-state index is 0.189. The Hall–Kier alpha value is -2.85. The predicted octanol–water partition coefficient (Wildman–Crippen LogP) is 1.24. The molecule has 4 aliphatic rings. The maximum atomic E-state index is 13.8. The number of para-hydroxylation sites is 1. The van der Waals surface area contributed by atoms with E-state index in [0.717, 1.165) is 18.5 Å². The van der Waals surface area contributed by atoms with Crippen molar-refractivity contribution >= 4 is 23.6 Å². The Labute approximate surface area is 198 Å². The summed E-state index contributed by atoms with van der Waals surface area (Å²) in [7, 11) is 0. The average Bonchev–Trinajstić information content (AvgIpc) is 3.41. The first-order valence-corrected chi connectivity index (χ1v) is 12.1. The molecular formula is C24H32N4O6. The number of anilines is 1. The Morgan fingerprint density at radius 2 is 1.82 bits per heavy atom. The second kappa shape index (κ2) is 9.42. The highest BCUT2D eigenvalue weighted by molar-refractivity contribution is 5.93. The van der Waals surface area contributed by atoms with E-state index in [2.05, 4.69) is 4.90 Å². The van der Waals surface area contributed by atoms with Crippen LogP contribution in [0.3, 0.4) is 0 Å². The number of rotatable bonds is 4. The minimum atomic E-state index is -1.00. The molecule has 10 heteroatoms. The van der Waals surface area contributed by atoms with Crippen LogP contribution < -0.4 is 10.4 Å².